The molecule has 0 aromatic carbocycles. The minimum absolute atomic E-state index is 0.185. The zero-order valence-corrected chi connectivity index (χ0v) is 6.45. The predicted molar refractivity (Wildman–Crippen MR) is 38.7 cm³/mol. The van der Waals surface area contributed by atoms with Crippen molar-refractivity contribution in [3.05, 3.63) is 23.9 Å². The number of rotatable bonds is 1. The van der Waals surface area contributed by atoms with Crippen molar-refractivity contribution in [1.82, 2.24) is 4.98 Å². The average Bonchev–Trinajstić information content (AvgIpc) is 2.03. The zero-order valence-electron chi connectivity index (χ0n) is 5.69. The van der Waals surface area contributed by atoms with Crippen LogP contribution in [0, 0.1) is 0 Å². The van der Waals surface area contributed by atoms with E-state index in [4.69, 9.17) is 11.8 Å². The van der Waals surface area contributed by atoms with Crippen LogP contribution in [0.2, 0.25) is 0 Å². The van der Waals surface area contributed by atoms with Crippen molar-refractivity contribution in [1.29, 1.82) is 0 Å². The van der Waals surface area contributed by atoms with Crippen LogP contribution < -0.4 is 4.84 Å². The molecule has 2 nitrogen and oxygen atoms in total. The molecule has 0 atom stereocenters. The fraction of sp³-hybridized carbons (Fsp3) is 0.167. The van der Waals surface area contributed by atoms with Crippen LogP contribution in [-0.4, -0.2) is 4.98 Å². The Balaban J connectivity index is 2.93. The van der Waals surface area contributed by atoms with E-state index in [0.29, 0.717) is 6.20 Å². The largest absolute Gasteiger partial charge is 0.417 e. The van der Waals surface area contributed by atoms with Gasteiger partial charge in [0.1, 0.15) is 5.82 Å². The Morgan fingerprint density at radius 1 is 1.33 bits per heavy atom. The Morgan fingerprint density at radius 3 is 2.33 bits per heavy atom. The van der Waals surface area contributed by atoms with E-state index in [0.717, 1.165) is 12.1 Å². The summed E-state index contributed by atoms with van der Waals surface area (Å²) in [5.74, 6) is 0.185. The van der Waals surface area contributed by atoms with Gasteiger partial charge in [-0.25, -0.2) is 4.98 Å². The van der Waals surface area contributed by atoms with Gasteiger partial charge in [-0.05, 0) is 12.1 Å². The molecule has 0 saturated carbocycles. The van der Waals surface area contributed by atoms with Gasteiger partial charge in [-0.2, -0.15) is 13.2 Å². The molecule has 0 radical (unpaired) electrons. The minimum Gasteiger partial charge on any atom is -0.283 e. The number of aromatic nitrogens is 1. The average molecular weight is 197 g/mol. The van der Waals surface area contributed by atoms with E-state index >= 15 is 0 Å². The molecule has 0 unspecified atom stereocenters. The Morgan fingerprint density at radius 2 is 2.00 bits per heavy atom. The molecule has 1 aromatic heterocycles. The van der Waals surface area contributed by atoms with Crippen LogP contribution in [0.4, 0.5) is 19.0 Å². The van der Waals surface area contributed by atoms with Gasteiger partial charge in [0, 0.05) is 18.0 Å². The molecule has 66 valence electrons. The lowest BCUT2D eigenvalue weighted by atomic mass is 10.3. The van der Waals surface area contributed by atoms with Gasteiger partial charge in [-0.1, -0.05) is 0 Å². The van der Waals surface area contributed by atoms with Gasteiger partial charge in [-0.3, -0.25) is 4.84 Å². The number of halogens is 4. The molecular formula is C6H4ClF3N2. The van der Waals surface area contributed by atoms with Crippen LogP contribution in [-0.2, 0) is 6.18 Å². The summed E-state index contributed by atoms with van der Waals surface area (Å²) in [6.07, 6.45) is -3.64. The molecule has 12 heavy (non-hydrogen) atoms. The first-order valence-corrected chi connectivity index (χ1v) is 3.32. The summed E-state index contributed by atoms with van der Waals surface area (Å²) in [5.41, 5.74) is -0.793. The normalized spacial score (nSPS) is 11.3. The lowest BCUT2D eigenvalue weighted by Crippen LogP contribution is -2.05. The topological polar surface area (TPSA) is 24.9 Å². The van der Waals surface area contributed by atoms with Gasteiger partial charge in [0.15, 0.2) is 0 Å². The van der Waals surface area contributed by atoms with Crippen molar-refractivity contribution in [2.45, 2.75) is 6.18 Å². The standard InChI is InChI=1S/C6H4ClF3N2/c7-12-5-2-1-4(3-11-5)6(8,9)10/h1-3H,(H,11,12). The highest BCUT2D eigenvalue weighted by molar-refractivity contribution is 6.23. The maximum absolute atomic E-state index is 11.9. The molecule has 1 heterocycles. The molecule has 0 saturated heterocycles. The van der Waals surface area contributed by atoms with Crippen LogP contribution in [0.25, 0.3) is 0 Å². The number of hydrogen-bond donors (Lipinski definition) is 1. The zero-order chi connectivity index (χ0) is 9.19. The van der Waals surface area contributed by atoms with E-state index in [9.17, 15) is 13.2 Å². The quantitative estimate of drug-likeness (QED) is 0.699. The van der Waals surface area contributed by atoms with Crippen molar-refractivity contribution in [2.24, 2.45) is 0 Å². The van der Waals surface area contributed by atoms with Crippen molar-refractivity contribution < 1.29 is 13.2 Å². The van der Waals surface area contributed by atoms with Crippen LogP contribution in [0.5, 0.6) is 0 Å². The van der Waals surface area contributed by atoms with Crippen molar-refractivity contribution in [2.75, 3.05) is 4.84 Å². The summed E-state index contributed by atoms with van der Waals surface area (Å²) in [5, 5.41) is 0. The number of nitrogens with one attached hydrogen (secondary N) is 1. The van der Waals surface area contributed by atoms with E-state index in [2.05, 4.69) is 9.82 Å². The predicted octanol–water partition coefficient (Wildman–Crippen LogP) is 2.67. The third-order valence-corrected chi connectivity index (χ3v) is 1.38. The highest BCUT2D eigenvalue weighted by atomic mass is 35.5. The van der Waals surface area contributed by atoms with Gasteiger partial charge in [0.25, 0.3) is 0 Å². The van der Waals surface area contributed by atoms with Gasteiger partial charge in [0.05, 0.1) is 5.56 Å². The van der Waals surface area contributed by atoms with Gasteiger partial charge in [-0.15, -0.1) is 0 Å². The SMILES string of the molecule is FC(F)(F)c1ccc(NCl)nc1. The highest BCUT2D eigenvalue weighted by Gasteiger charge is 2.30. The van der Waals surface area contributed by atoms with Crippen LogP contribution in [0.15, 0.2) is 18.3 Å². The second-order valence-electron chi connectivity index (χ2n) is 2.02. The third-order valence-electron chi connectivity index (χ3n) is 1.19. The summed E-state index contributed by atoms with van der Waals surface area (Å²) < 4.78 is 35.8. The molecule has 0 aliphatic rings. The summed E-state index contributed by atoms with van der Waals surface area (Å²) in [4.78, 5) is 5.50. The monoisotopic (exact) mass is 196 g/mol. The second kappa shape index (κ2) is 3.18. The van der Waals surface area contributed by atoms with Gasteiger partial charge >= 0.3 is 6.18 Å². The Kier molecular flexibility index (Phi) is 2.42. The first-order chi connectivity index (χ1) is 5.54. The maximum atomic E-state index is 11.9. The summed E-state index contributed by atoms with van der Waals surface area (Å²) in [6, 6.07) is 2.05. The van der Waals surface area contributed by atoms with E-state index in [1.807, 2.05) is 0 Å². The molecule has 0 bridgehead atoms. The third kappa shape index (κ3) is 2.01. The van der Waals surface area contributed by atoms with Crippen LogP contribution in [0.3, 0.4) is 0 Å². The van der Waals surface area contributed by atoms with Crippen molar-refractivity contribution in [3.8, 4) is 0 Å². The number of alkyl halides is 3. The van der Waals surface area contributed by atoms with Crippen LogP contribution >= 0.6 is 11.8 Å². The number of pyridine rings is 1. The lowest BCUT2D eigenvalue weighted by molar-refractivity contribution is -0.137. The fourth-order valence-corrected chi connectivity index (χ4v) is 0.729. The minimum atomic E-state index is -4.35. The number of hydrogen-bond acceptors (Lipinski definition) is 2. The molecule has 0 amide bonds. The highest BCUT2D eigenvalue weighted by Crippen LogP contribution is 2.28. The van der Waals surface area contributed by atoms with Crippen molar-refractivity contribution in [3.63, 3.8) is 0 Å². The molecule has 6 heteroatoms. The summed E-state index contributed by atoms with van der Waals surface area (Å²) in [7, 11) is 0. The Hall–Kier alpha value is -0.970. The smallest absolute Gasteiger partial charge is 0.283 e. The summed E-state index contributed by atoms with van der Waals surface area (Å²) >= 11 is 5.10. The van der Waals surface area contributed by atoms with E-state index in [1.54, 1.807) is 0 Å². The molecule has 1 N–H and O–H groups in total. The Labute approximate surface area is 71.5 Å². The Bertz CT molecular complexity index is 256. The number of anilines is 1. The van der Waals surface area contributed by atoms with E-state index in [1.165, 1.54) is 0 Å². The molecule has 1 rings (SSSR count). The first kappa shape index (κ1) is 9.12. The second-order valence-corrected chi connectivity index (χ2v) is 2.21. The molecule has 0 fully saturated rings. The maximum Gasteiger partial charge on any atom is 0.417 e. The van der Waals surface area contributed by atoms with Crippen LogP contribution in [0.1, 0.15) is 5.56 Å². The molecule has 0 aliphatic carbocycles. The summed E-state index contributed by atoms with van der Waals surface area (Å²) in [6.45, 7) is 0. The molecule has 1 aromatic rings. The van der Waals surface area contributed by atoms with Gasteiger partial charge < -0.3 is 0 Å². The molecule has 0 aliphatic heterocycles. The molecule has 0 spiro atoms. The fourth-order valence-electron chi connectivity index (χ4n) is 0.617. The van der Waals surface area contributed by atoms with E-state index in [-0.39, 0.29) is 5.82 Å². The first-order valence-electron chi connectivity index (χ1n) is 2.94. The van der Waals surface area contributed by atoms with Crippen molar-refractivity contribution >= 4 is 17.6 Å². The molecular weight excluding hydrogens is 193 g/mol. The lowest BCUT2D eigenvalue weighted by Gasteiger charge is -2.05. The number of nitrogens with zero attached hydrogens (tertiary/aromatic N) is 1. The van der Waals surface area contributed by atoms with E-state index < -0.39 is 11.7 Å². The van der Waals surface area contributed by atoms with Gasteiger partial charge in [0.2, 0.25) is 0 Å².